The maximum absolute atomic E-state index is 14.0. The van der Waals surface area contributed by atoms with Gasteiger partial charge in [-0.25, -0.2) is 0 Å². The van der Waals surface area contributed by atoms with Crippen LogP contribution in [0.25, 0.3) is 0 Å². The van der Waals surface area contributed by atoms with Crippen LogP contribution in [0.5, 0.6) is 0 Å². The van der Waals surface area contributed by atoms with E-state index in [9.17, 15) is 9.59 Å². The number of carbonyl (C=O) groups excluding carboxylic acids is 2. The van der Waals surface area contributed by atoms with Crippen LogP contribution in [0.2, 0.25) is 0 Å². The van der Waals surface area contributed by atoms with E-state index in [0.717, 1.165) is 22.3 Å². The fraction of sp³-hybridized carbons (Fsp3) is 0.308. The summed E-state index contributed by atoms with van der Waals surface area (Å²) in [6, 6.07) is 19.7. The molecular weight excluding hydrogens is 406 g/mol. The second-order valence-corrected chi connectivity index (χ2v) is 8.67. The first-order chi connectivity index (χ1) is 15.6. The Balaban J connectivity index is 1.64. The van der Waals surface area contributed by atoms with E-state index in [1.165, 1.54) is 4.90 Å². The van der Waals surface area contributed by atoms with Crippen LogP contribution in [0.3, 0.4) is 0 Å². The fourth-order valence-electron chi connectivity index (χ4n) is 6.47. The molecular formula is C26H23NO5. The Morgan fingerprint density at radius 3 is 2.09 bits per heavy atom. The first-order valence-corrected chi connectivity index (χ1v) is 10.8. The lowest BCUT2D eigenvalue weighted by Gasteiger charge is -2.56. The zero-order chi connectivity index (χ0) is 22.0. The fourth-order valence-corrected chi connectivity index (χ4v) is 6.47. The summed E-state index contributed by atoms with van der Waals surface area (Å²) in [5.74, 6) is -1.12. The zero-order valence-corrected chi connectivity index (χ0v) is 17.9. The van der Waals surface area contributed by atoms with E-state index in [4.69, 9.17) is 13.9 Å². The number of benzene rings is 2. The molecule has 2 unspecified atom stereocenters. The Morgan fingerprint density at radius 2 is 1.53 bits per heavy atom. The summed E-state index contributed by atoms with van der Waals surface area (Å²) >= 11 is 0. The largest absolute Gasteiger partial charge is 0.467 e. The third-order valence-corrected chi connectivity index (χ3v) is 7.47. The lowest BCUT2D eigenvalue weighted by atomic mass is 9.47. The number of likely N-dealkylation sites (tertiary alicyclic amines) is 1. The van der Waals surface area contributed by atoms with Gasteiger partial charge in [-0.1, -0.05) is 48.5 Å². The Morgan fingerprint density at radius 1 is 0.906 bits per heavy atom. The highest BCUT2D eigenvalue weighted by Gasteiger charge is 2.70. The molecule has 32 heavy (non-hydrogen) atoms. The van der Waals surface area contributed by atoms with Crippen LogP contribution in [-0.4, -0.2) is 37.2 Å². The third kappa shape index (κ3) is 2.21. The third-order valence-electron chi connectivity index (χ3n) is 7.47. The summed E-state index contributed by atoms with van der Waals surface area (Å²) in [5, 5.41) is 0. The zero-order valence-electron chi connectivity index (χ0n) is 17.9. The first kappa shape index (κ1) is 19.5. The van der Waals surface area contributed by atoms with E-state index < -0.39 is 23.5 Å². The smallest absolute Gasteiger partial charge is 0.235 e. The Hall–Kier alpha value is -3.22. The average Bonchev–Trinajstić information content (AvgIpc) is 3.43. The molecule has 0 N–H and O–H groups in total. The van der Waals surface area contributed by atoms with Crippen molar-refractivity contribution in [3.05, 3.63) is 94.9 Å². The van der Waals surface area contributed by atoms with E-state index in [1.54, 1.807) is 32.6 Å². The van der Waals surface area contributed by atoms with Crippen LogP contribution >= 0.6 is 0 Å². The quantitative estimate of drug-likeness (QED) is 0.459. The molecule has 1 aliphatic heterocycles. The van der Waals surface area contributed by atoms with E-state index >= 15 is 0 Å². The number of carbonyl (C=O) groups is 2. The normalized spacial score (nSPS) is 27.6. The minimum Gasteiger partial charge on any atom is -0.467 e. The molecule has 6 nitrogen and oxygen atoms in total. The Labute approximate surface area is 185 Å². The first-order valence-electron chi connectivity index (χ1n) is 10.8. The van der Waals surface area contributed by atoms with Crippen molar-refractivity contribution < 1.29 is 23.5 Å². The van der Waals surface area contributed by atoms with Gasteiger partial charge in [-0.2, -0.15) is 0 Å². The van der Waals surface area contributed by atoms with E-state index in [0.29, 0.717) is 5.76 Å². The van der Waals surface area contributed by atoms with Gasteiger partial charge in [-0.15, -0.1) is 0 Å². The predicted molar refractivity (Wildman–Crippen MR) is 115 cm³/mol. The molecule has 7 rings (SSSR count). The lowest BCUT2D eigenvalue weighted by molar-refractivity contribution is -0.169. The molecule has 6 heteroatoms. The van der Waals surface area contributed by atoms with Crippen molar-refractivity contribution in [1.29, 1.82) is 0 Å². The molecule has 2 aromatic carbocycles. The molecule has 2 heterocycles. The number of hydrogen-bond acceptors (Lipinski definition) is 5. The molecule has 1 saturated heterocycles. The van der Waals surface area contributed by atoms with Gasteiger partial charge in [0.25, 0.3) is 0 Å². The van der Waals surface area contributed by atoms with E-state index in [1.807, 2.05) is 36.4 Å². The molecule has 2 amide bonds. The van der Waals surface area contributed by atoms with Crippen LogP contribution in [0.15, 0.2) is 71.3 Å². The standard InChI is InChI=1S/C26H23NO5/c1-30-25(31-2)26-18-11-5-3-9-16(18)20(17-10-4-6-12-19(17)26)21-22(26)24(29)27(23(21)28)14-15-8-7-13-32-15/h3-13,20-22,25H,14H2,1-2H3. The van der Waals surface area contributed by atoms with Crippen molar-refractivity contribution >= 4 is 11.8 Å². The predicted octanol–water partition coefficient (Wildman–Crippen LogP) is 3.44. The van der Waals surface area contributed by atoms with Crippen LogP contribution < -0.4 is 0 Å². The second kappa shape index (κ2) is 6.89. The summed E-state index contributed by atoms with van der Waals surface area (Å²) in [6.45, 7) is 0.123. The number of hydrogen-bond donors (Lipinski definition) is 0. The molecule has 0 spiro atoms. The summed E-state index contributed by atoms with van der Waals surface area (Å²) in [6.07, 6.45) is 0.815. The van der Waals surface area contributed by atoms with Gasteiger partial charge in [0, 0.05) is 20.1 Å². The average molecular weight is 429 g/mol. The molecule has 0 radical (unpaired) electrons. The highest BCUT2D eigenvalue weighted by atomic mass is 16.7. The van der Waals surface area contributed by atoms with Gasteiger partial charge in [-0.05, 0) is 34.4 Å². The Bertz CT molecular complexity index is 1160. The number of amides is 2. The minimum atomic E-state index is -0.930. The highest BCUT2D eigenvalue weighted by Crippen LogP contribution is 2.65. The van der Waals surface area contributed by atoms with Crippen LogP contribution in [0.4, 0.5) is 0 Å². The van der Waals surface area contributed by atoms with Crippen molar-refractivity contribution in [3.8, 4) is 0 Å². The van der Waals surface area contributed by atoms with Gasteiger partial charge in [0.05, 0.1) is 30.1 Å². The number of furan rings is 1. The summed E-state index contributed by atoms with van der Waals surface area (Å²) < 4.78 is 17.2. The number of imide groups is 1. The summed E-state index contributed by atoms with van der Waals surface area (Å²) in [5.41, 5.74) is 3.19. The van der Waals surface area contributed by atoms with Gasteiger partial charge in [-0.3, -0.25) is 14.5 Å². The molecule has 162 valence electrons. The van der Waals surface area contributed by atoms with E-state index in [2.05, 4.69) is 12.1 Å². The van der Waals surface area contributed by atoms with E-state index in [-0.39, 0.29) is 24.3 Å². The molecule has 3 aromatic rings. The van der Waals surface area contributed by atoms with Gasteiger partial charge >= 0.3 is 0 Å². The van der Waals surface area contributed by atoms with Crippen molar-refractivity contribution in [1.82, 2.24) is 4.90 Å². The number of nitrogens with zero attached hydrogens (tertiary/aromatic N) is 1. The highest BCUT2D eigenvalue weighted by molar-refractivity contribution is 6.08. The monoisotopic (exact) mass is 429 g/mol. The minimum absolute atomic E-state index is 0.123. The van der Waals surface area contributed by atoms with Gasteiger partial charge < -0.3 is 13.9 Å². The van der Waals surface area contributed by atoms with Gasteiger partial charge in [0.2, 0.25) is 11.8 Å². The molecule has 2 atom stereocenters. The van der Waals surface area contributed by atoms with Gasteiger partial charge in [0.1, 0.15) is 5.76 Å². The Kier molecular flexibility index (Phi) is 4.19. The second-order valence-electron chi connectivity index (χ2n) is 8.67. The summed E-state index contributed by atoms with van der Waals surface area (Å²) in [7, 11) is 3.18. The number of ether oxygens (including phenoxy) is 2. The molecule has 4 aliphatic rings. The van der Waals surface area contributed by atoms with Crippen molar-refractivity contribution in [2.75, 3.05) is 14.2 Å². The molecule has 0 saturated carbocycles. The van der Waals surface area contributed by atoms with Crippen LogP contribution in [-0.2, 0) is 31.0 Å². The summed E-state index contributed by atoms with van der Waals surface area (Å²) in [4.78, 5) is 29.1. The van der Waals surface area contributed by atoms with Crippen LogP contribution in [0, 0.1) is 11.8 Å². The maximum Gasteiger partial charge on any atom is 0.235 e. The lowest BCUT2D eigenvalue weighted by Crippen LogP contribution is -2.60. The topological polar surface area (TPSA) is 69.0 Å². The van der Waals surface area contributed by atoms with Crippen molar-refractivity contribution in [2.45, 2.75) is 24.2 Å². The van der Waals surface area contributed by atoms with Crippen LogP contribution in [0.1, 0.15) is 33.9 Å². The molecule has 1 fully saturated rings. The van der Waals surface area contributed by atoms with Gasteiger partial charge in [0.15, 0.2) is 6.29 Å². The SMILES string of the molecule is COC(OC)C12c3ccccc3C(c3ccccc31)C1C(=O)N(Cc3ccco3)C(=O)C12. The molecule has 3 aliphatic carbocycles. The molecule has 2 bridgehead atoms. The number of methoxy groups -OCH3 is 2. The molecule has 1 aromatic heterocycles. The van der Waals surface area contributed by atoms with Crippen molar-refractivity contribution in [3.63, 3.8) is 0 Å². The maximum atomic E-state index is 14.0. The number of rotatable bonds is 5. The van der Waals surface area contributed by atoms with Crippen molar-refractivity contribution in [2.24, 2.45) is 11.8 Å².